The van der Waals surface area contributed by atoms with Crippen molar-refractivity contribution in [3.63, 3.8) is 0 Å². The van der Waals surface area contributed by atoms with E-state index in [1.807, 2.05) is 25.9 Å². The van der Waals surface area contributed by atoms with E-state index in [-0.39, 0.29) is 29.0 Å². The average Bonchev–Trinajstić information content (AvgIpc) is 2.95. The third-order valence-corrected chi connectivity index (χ3v) is 5.61. The number of halogens is 1. The van der Waals surface area contributed by atoms with Crippen LogP contribution in [0.2, 0.25) is 0 Å². The van der Waals surface area contributed by atoms with Crippen molar-refractivity contribution in [1.82, 2.24) is 9.80 Å². The standard InChI is InChI=1S/C24H27FN2O4/c1-14-12-17(19(28)13-15(14)2)22(29)20-21(16-8-5-6-9-18(16)25)27(24(31)23(20)30)11-7-10-26(3)4/h5-6,8-9,12-13,21,28-29H,7,10-11H2,1-4H3. The highest BCUT2D eigenvalue weighted by Gasteiger charge is 2.46. The summed E-state index contributed by atoms with van der Waals surface area (Å²) in [5.74, 6) is -3.00. The second-order valence-electron chi connectivity index (χ2n) is 8.12. The van der Waals surface area contributed by atoms with Crippen LogP contribution in [0, 0.1) is 19.7 Å². The van der Waals surface area contributed by atoms with Gasteiger partial charge >= 0.3 is 0 Å². The van der Waals surface area contributed by atoms with Gasteiger partial charge in [0.25, 0.3) is 11.7 Å². The molecule has 2 N–H and O–H groups in total. The van der Waals surface area contributed by atoms with Crippen molar-refractivity contribution in [3.05, 3.63) is 70.0 Å². The van der Waals surface area contributed by atoms with Gasteiger partial charge in [0, 0.05) is 12.1 Å². The van der Waals surface area contributed by atoms with E-state index in [4.69, 9.17) is 0 Å². The largest absolute Gasteiger partial charge is 0.507 e. The van der Waals surface area contributed by atoms with Gasteiger partial charge in [-0.3, -0.25) is 9.59 Å². The van der Waals surface area contributed by atoms with Crippen molar-refractivity contribution in [1.29, 1.82) is 0 Å². The van der Waals surface area contributed by atoms with Crippen LogP contribution in [-0.2, 0) is 9.59 Å². The van der Waals surface area contributed by atoms with Crippen LogP contribution in [0.15, 0.2) is 42.0 Å². The number of amides is 1. The summed E-state index contributed by atoms with van der Waals surface area (Å²) in [5.41, 5.74) is 1.54. The summed E-state index contributed by atoms with van der Waals surface area (Å²) in [5, 5.41) is 21.4. The summed E-state index contributed by atoms with van der Waals surface area (Å²) in [6.07, 6.45) is 0.569. The van der Waals surface area contributed by atoms with Gasteiger partial charge in [-0.1, -0.05) is 18.2 Å². The number of phenols is 1. The van der Waals surface area contributed by atoms with Gasteiger partial charge in [0.15, 0.2) is 0 Å². The zero-order chi connectivity index (χ0) is 22.9. The molecule has 1 aliphatic heterocycles. The molecule has 1 heterocycles. The topological polar surface area (TPSA) is 81.1 Å². The number of hydrogen-bond donors (Lipinski definition) is 2. The molecule has 1 amide bonds. The smallest absolute Gasteiger partial charge is 0.295 e. The quantitative estimate of drug-likeness (QED) is 0.420. The average molecular weight is 426 g/mol. The molecule has 3 rings (SSSR count). The van der Waals surface area contributed by atoms with E-state index in [9.17, 15) is 24.2 Å². The van der Waals surface area contributed by atoms with Crippen LogP contribution >= 0.6 is 0 Å². The van der Waals surface area contributed by atoms with Crippen LogP contribution in [-0.4, -0.2) is 58.9 Å². The highest BCUT2D eigenvalue weighted by Crippen LogP contribution is 2.41. The molecular weight excluding hydrogens is 399 g/mol. The molecule has 6 nitrogen and oxygen atoms in total. The van der Waals surface area contributed by atoms with E-state index >= 15 is 0 Å². The number of Topliss-reactive ketones (excluding diaryl/α,β-unsaturated/α-hetero) is 1. The minimum atomic E-state index is -1.08. The number of rotatable bonds is 6. The molecule has 7 heteroatoms. The van der Waals surface area contributed by atoms with E-state index in [0.29, 0.717) is 13.0 Å². The van der Waals surface area contributed by atoms with Gasteiger partial charge < -0.3 is 20.0 Å². The third-order valence-electron chi connectivity index (χ3n) is 5.61. The Balaban J connectivity index is 2.18. The molecule has 2 aromatic rings. The summed E-state index contributed by atoms with van der Waals surface area (Å²) < 4.78 is 14.7. The molecule has 0 saturated carbocycles. The first kappa shape index (κ1) is 22.5. The maximum absolute atomic E-state index is 14.7. The molecule has 1 fully saturated rings. The second kappa shape index (κ2) is 8.89. The maximum Gasteiger partial charge on any atom is 0.295 e. The molecule has 1 aliphatic rings. The number of hydrogen-bond acceptors (Lipinski definition) is 5. The van der Waals surface area contributed by atoms with Gasteiger partial charge in [-0.25, -0.2) is 4.39 Å². The number of carbonyl (C=O) groups excluding carboxylic acids is 2. The van der Waals surface area contributed by atoms with Gasteiger partial charge in [-0.2, -0.15) is 0 Å². The summed E-state index contributed by atoms with van der Waals surface area (Å²) in [6.45, 7) is 4.50. The second-order valence-corrected chi connectivity index (χ2v) is 8.12. The van der Waals surface area contributed by atoms with Crippen LogP contribution < -0.4 is 0 Å². The lowest BCUT2D eigenvalue weighted by molar-refractivity contribution is -0.140. The molecule has 164 valence electrons. The predicted octanol–water partition coefficient (Wildman–Crippen LogP) is 3.52. The summed E-state index contributed by atoms with van der Waals surface area (Å²) in [7, 11) is 3.79. The van der Waals surface area contributed by atoms with Gasteiger partial charge in [-0.15, -0.1) is 0 Å². The van der Waals surface area contributed by atoms with Crippen molar-refractivity contribution in [2.75, 3.05) is 27.2 Å². The molecule has 1 atom stereocenters. The third kappa shape index (κ3) is 4.32. The van der Waals surface area contributed by atoms with Crippen LogP contribution in [0.25, 0.3) is 5.76 Å². The van der Waals surface area contributed by atoms with Crippen molar-refractivity contribution in [3.8, 4) is 5.75 Å². The first-order valence-corrected chi connectivity index (χ1v) is 10.1. The summed E-state index contributed by atoms with van der Waals surface area (Å²) in [6, 6.07) is 7.84. The van der Waals surface area contributed by atoms with E-state index in [0.717, 1.165) is 11.1 Å². The molecule has 0 aliphatic carbocycles. The van der Waals surface area contributed by atoms with Crippen molar-refractivity contribution < 1.29 is 24.2 Å². The predicted molar refractivity (Wildman–Crippen MR) is 116 cm³/mol. The fraction of sp³-hybridized carbons (Fsp3) is 0.333. The van der Waals surface area contributed by atoms with Crippen LogP contribution in [0.4, 0.5) is 4.39 Å². The lowest BCUT2D eigenvalue weighted by atomic mass is 9.93. The Hall–Kier alpha value is -3.19. The normalized spacial score (nSPS) is 18.3. The van der Waals surface area contributed by atoms with Crippen LogP contribution in [0.5, 0.6) is 5.75 Å². The molecule has 0 spiro atoms. The molecule has 31 heavy (non-hydrogen) atoms. The number of likely N-dealkylation sites (tertiary alicyclic amines) is 1. The number of aliphatic hydroxyl groups excluding tert-OH is 1. The van der Waals surface area contributed by atoms with E-state index in [1.54, 1.807) is 19.1 Å². The minimum absolute atomic E-state index is 0.0377. The lowest BCUT2D eigenvalue weighted by Crippen LogP contribution is -2.32. The Kier molecular flexibility index (Phi) is 6.45. The number of aryl methyl sites for hydroxylation is 2. The summed E-state index contributed by atoms with van der Waals surface area (Å²) in [4.78, 5) is 29.1. The van der Waals surface area contributed by atoms with E-state index < -0.39 is 29.3 Å². The van der Waals surface area contributed by atoms with Gasteiger partial charge in [0.1, 0.15) is 17.3 Å². The van der Waals surface area contributed by atoms with Crippen LogP contribution in [0.3, 0.4) is 0 Å². The fourth-order valence-electron chi connectivity index (χ4n) is 3.82. The van der Waals surface area contributed by atoms with Gasteiger partial charge in [0.05, 0.1) is 17.2 Å². The zero-order valence-electron chi connectivity index (χ0n) is 18.1. The molecule has 1 saturated heterocycles. The number of aromatic hydroxyl groups is 1. The Morgan fingerprint density at radius 3 is 2.42 bits per heavy atom. The number of ketones is 1. The Labute approximate surface area is 181 Å². The summed E-state index contributed by atoms with van der Waals surface area (Å²) >= 11 is 0. The maximum atomic E-state index is 14.7. The highest BCUT2D eigenvalue weighted by atomic mass is 19.1. The van der Waals surface area contributed by atoms with E-state index in [1.165, 1.54) is 29.2 Å². The molecule has 1 unspecified atom stereocenters. The molecule has 2 aromatic carbocycles. The van der Waals surface area contributed by atoms with Gasteiger partial charge in [-0.05, 0) is 70.2 Å². The Morgan fingerprint density at radius 1 is 1.13 bits per heavy atom. The first-order valence-electron chi connectivity index (χ1n) is 10.1. The monoisotopic (exact) mass is 426 g/mol. The first-order chi connectivity index (χ1) is 14.6. The number of nitrogens with zero attached hydrogens (tertiary/aromatic N) is 2. The molecular formula is C24H27FN2O4. The minimum Gasteiger partial charge on any atom is -0.507 e. The SMILES string of the molecule is Cc1cc(O)c(C(O)=C2C(=O)C(=O)N(CCCN(C)C)C2c2ccccc2F)cc1C. The lowest BCUT2D eigenvalue weighted by Gasteiger charge is -2.26. The van der Waals surface area contributed by atoms with Crippen LogP contribution in [0.1, 0.15) is 34.7 Å². The molecule has 0 radical (unpaired) electrons. The Bertz CT molecular complexity index is 1060. The van der Waals surface area contributed by atoms with Crippen molar-refractivity contribution in [2.45, 2.75) is 26.3 Å². The van der Waals surface area contributed by atoms with Crippen molar-refractivity contribution in [2.24, 2.45) is 0 Å². The molecule has 0 bridgehead atoms. The van der Waals surface area contributed by atoms with Gasteiger partial charge in [0.2, 0.25) is 0 Å². The number of benzene rings is 2. The number of phenolic OH excluding ortho intramolecular Hbond substituents is 1. The van der Waals surface area contributed by atoms with E-state index in [2.05, 4.69) is 0 Å². The zero-order valence-corrected chi connectivity index (χ0v) is 18.1. The Morgan fingerprint density at radius 2 is 1.77 bits per heavy atom. The fourth-order valence-corrected chi connectivity index (χ4v) is 3.82. The molecule has 0 aromatic heterocycles. The number of aliphatic hydroxyl groups is 1. The van der Waals surface area contributed by atoms with Crippen molar-refractivity contribution >= 4 is 17.4 Å². The highest BCUT2D eigenvalue weighted by molar-refractivity contribution is 6.46. The number of carbonyl (C=O) groups is 2.